The van der Waals surface area contributed by atoms with E-state index in [1.54, 1.807) is 12.3 Å². The van der Waals surface area contributed by atoms with E-state index in [2.05, 4.69) is 16.3 Å². The zero-order valence-electron chi connectivity index (χ0n) is 10.4. The number of aromatic nitrogens is 1. The molecule has 0 amide bonds. The van der Waals surface area contributed by atoms with E-state index in [9.17, 15) is 8.78 Å². The number of rotatable bonds is 3. The average Bonchev–Trinajstić information content (AvgIpc) is 2.71. The Kier molecular flexibility index (Phi) is 16.8. The molecule has 0 aliphatic heterocycles. The third kappa shape index (κ3) is 15.2. The fourth-order valence-electron chi connectivity index (χ4n) is 0.671. The van der Waals surface area contributed by atoms with Crippen molar-refractivity contribution in [2.45, 2.75) is 26.7 Å². The molecule has 0 spiro atoms. The Labute approximate surface area is 116 Å². The zero-order valence-corrected chi connectivity index (χ0v) is 13.3. The van der Waals surface area contributed by atoms with Crippen LogP contribution in [-0.4, -0.2) is 5.16 Å². The maximum Gasteiger partial charge on any atom is 0.269 e. The maximum atomic E-state index is 11.7. The fraction of sp³-hybridized carbons (Fsp3) is 0.333. The van der Waals surface area contributed by atoms with E-state index in [1.165, 1.54) is 13.2 Å². The third-order valence-electron chi connectivity index (χ3n) is 1.60. The van der Waals surface area contributed by atoms with Crippen LogP contribution in [0, 0.1) is 7.43 Å². The molecule has 0 saturated heterocycles. The molecule has 1 aromatic heterocycles. The van der Waals surface area contributed by atoms with E-state index in [-0.39, 0.29) is 34.1 Å². The molecule has 0 aliphatic rings. The van der Waals surface area contributed by atoms with Gasteiger partial charge in [-0.05, 0) is 38.3 Å². The molecule has 0 saturated carbocycles. The second-order valence-corrected chi connectivity index (χ2v) is 3.19. The molecule has 0 aliphatic carbocycles. The van der Waals surface area contributed by atoms with E-state index >= 15 is 0 Å². The summed E-state index contributed by atoms with van der Waals surface area (Å²) in [6, 6.07) is 1.72. The molecule has 1 aromatic rings. The van der Waals surface area contributed by atoms with Crippen molar-refractivity contribution in [2.24, 2.45) is 0 Å². The number of hydrogen-bond acceptors (Lipinski definition) is 2. The van der Waals surface area contributed by atoms with Crippen LogP contribution in [0.2, 0.25) is 0 Å². The first-order chi connectivity index (χ1) is 7.04. The molecule has 0 atom stereocenters. The molecule has 17 heavy (non-hydrogen) atoms. The second-order valence-electron chi connectivity index (χ2n) is 3.19. The Morgan fingerprint density at radius 1 is 1.29 bits per heavy atom. The van der Waals surface area contributed by atoms with E-state index < -0.39 is 6.08 Å². The van der Waals surface area contributed by atoms with Gasteiger partial charge in [-0.3, -0.25) is 0 Å². The average molecular weight is 414 g/mol. The molecule has 0 N–H and O–H groups in total. The van der Waals surface area contributed by atoms with Gasteiger partial charge in [-0.25, -0.2) is 0 Å². The van der Waals surface area contributed by atoms with E-state index in [4.69, 9.17) is 0 Å². The van der Waals surface area contributed by atoms with E-state index in [0.29, 0.717) is 12.8 Å². The molecule has 1 heterocycles. The second kappa shape index (κ2) is 13.3. The van der Waals surface area contributed by atoms with Crippen LogP contribution >= 0.6 is 0 Å². The van der Waals surface area contributed by atoms with E-state index in [1.807, 2.05) is 6.92 Å². The van der Waals surface area contributed by atoms with Gasteiger partial charge in [0.1, 0.15) is 6.26 Å². The Bertz CT molecular complexity index is 289. The van der Waals surface area contributed by atoms with Crippen molar-refractivity contribution in [2.75, 3.05) is 0 Å². The molecular weight excluding hydrogens is 396 g/mol. The molecule has 98 valence electrons. The standard InChI is InChI=1S/C8H12F2.C3H3NO.CH3.W/c1-6(2)4-5-7(3)8(9)10;1-2-4-5-3-1;;/h1,4-5H2,2-3H3;1-3H;1H3;/q;;-1;. The molecule has 0 fully saturated rings. The summed E-state index contributed by atoms with van der Waals surface area (Å²) in [5, 5.41) is 3.35. The van der Waals surface area contributed by atoms with Crippen LogP contribution in [0.3, 0.4) is 0 Å². The summed E-state index contributed by atoms with van der Waals surface area (Å²) in [7, 11) is 0. The number of halogens is 2. The van der Waals surface area contributed by atoms with Crippen LogP contribution in [0.25, 0.3) is 0 Å². The number of allylic oxidation sites excluding steroid dienone is 2. The minimum atomic E-state index is -1.55. The van der Waals surface area contributed by atoms with Gasteiger partial charge in [0.15, 0.2) is 0 Å². The topological polar surface area (TPSA) is 26.0 Å². The van der Waals surface area contributed by atoms with Gasteiger partial charge in [0.2, 0.25) is 0 Å². The van der Waals surface area contributed by atoms with Crippen molar-refractivity contribution in [1.29, 1.82) is 0 Å². The van der Waals surface area contributed by atoms with Gasteiger partial charge in [-0.15, -0.1) is 6.58 Å². The summed E-state index contributed by atoms with van der Waals surface area (Å²) >= 11 is 0. The van der Waals surface area contributed by atoms with Gasteiger partial charge < -0.3 is 11.9 Å². The normalized spacial score (nSPS) is 7.76. The monoisotopic (exact) mass is 414 g/mol. The molecular formula is C12H18F2NOW-. The Hall–Kier alpha value is -0.762. The summed E-state index contributed by atoms with van der Waals surface area (Å²) in [4.78, 5) is 0. The minimum Gasteiger partial charge on any atom is -0.365 e. The minimum absolute atomic E-state index is 0. The van der Waals surface area contributed by atoms with Crippen LogP contribution in [0.1, 0.15) is 26.7 Å². The van der Waals surface area contributed by atoms with Gasteiger partial charge in [0.05, 0.1) is 6.20 Å². The smallest absolute Gasteiger partial charge is 0.269 e. The van der Waals surface area contributed by atoms with Gasteiger partial charge in [0.25, 0.3) is 6.08 Å². The summed E-state index contributed by atoms with van der Waals surface area (Å²) < 4.78 is 27.8. The molecule has 0 aromatic carbocycles. The van der Waals surface area contributed by atoms with Crippen molar-refractivity contribution in [3.63, 3.8) is 0 Å². The van der Waals surface area contributed by atoms with E-state index in [0.717, 1.165) is 5.57 Å². The van der Waals surface area contributed by atoms with Gasteiger partial charge in [0, 0.05) is 21.1 Å². The van der Waals surface area contributed by atoms with Crippen LogP contribution < -0.4 is 0 Å². The predicted molar refractivity (Wildman–Crippen MR) is 61.9 cm³/mol. The van der Waals surface area contributed by atoms with Gasteiger partial charge in [-0.1, -0.05) is 10.7 Å². The first kappa shape index (κ1) is 21.5. The van der Waals surface area contributed by atoms with Crippen LogP contribution in [0.5, 0.6) is 0 Å². The van der Waals surface area contributed by atoms with Crippen molar-refractivity contribution >= 4 is 0 Å². The largest absolute Gasteiger partial charge is 0.365 e. The van der Waals surface area contributed by atoms with Crippen molar-refractivity contribution in [3.05, 3.63) is 49.8 Å². The number of nitrogens with zero attached hydrogens (tertiary/aromatic N) is 1. The summed E-state index contributed by atoms with van der Waals surface area (Å²) in [5.74, 6) is 0. The summed E-state index contributed by atoms with van der Waals surface area (Å²) in [5.41, 5.74) is 1.11. The Morgan fingerprint density at radius 3 is 2.12 bits per heavy atom. The zero-order chi connectivity index (χ0) is 11.7. The molecule has 5 heteroatoms. The van der Waals surface area contributed by atoms with Crippen molar-refractivity contribution in [3.8, 4) is 0 Å². The van der Waals surface area contributed by atoms with Crippen LogP contribution in [0.4, 0.5) is 8.78 Å². The SMILES string of the molecule is C=C(C)CCC(C)=C(F)F.[CH3-].[W].c1cnoc1. The Balaban J connectivity index is -0.000000238. The predicted octanol–water partition coefficient (Wildman–Crippen LogP) is 4.64. The summed E-state index contributed by atoms with van der Waals surface area (Å²) in [6.07, 6.45) is 2.63. The third-order valence-corrected chi connectivity index (χ3v) is 1.60. The van der Waals surface area contributed by atoms with Gasteiger partial charge in [-0.2, -0.15) is 8.78 Å². The summed E-state index contributed by atoms with van der Waals surface area (Å²) in [6.45, 7) is 6.90. The number of hydrogen-bond donors (Lipinski definition) is 0. The van der Waals surface area contributed by atoms with Gasteiger partial charge >= 0.3 is 0 Å². The quantitative estimate of drug-likeness (QED) is 0.533. The first-order valence-corrected chi connectivity index (χ1v) is 4.53. The molecule has 2 nitrogen and oxygen atoms in total. The van der Waals surface area contributed by atoms with Crippen molar-refractivity contribution in [1.82, 2.24) is 5.16 Å². The van der Waals surface area contributed by atoms with Crippen LogP contribution in [-0.2, 0) is 21.1 Å². The molecule has 0 unspecified atom stereocenters. The van der Waals surface area contributed by atoms with Crippen molar-refractivity contribution < 1.29 is 34.4 Å². The van der Waals surface area contributed by atoms with Crippen LogP contribution in [0.15, 0.2) is 46.9 Å². The molecule has 0 radical (unpaired) electrons. The Morgan fingerprint density at radius 2 is 1.88 bits per heavy atom. The molecule has 0 bridgehead atoms. The first-order valence-electron chi connectivity index (χ1n) is 4.53. The maximum absolute atomic E-state index is 11.7. The molecule has 1 rings (SSSR count). The fourth-order valence-corrected chi connectivity index (χ4v) is 0.671.